The maximum absolute atomic E-state index is 13.0. The largest absolute Gasteiger partial charge is 0.397 e. The predicted molar refractivity (Wildman–Crippen MR) is 91.1 cm³/mol. The molecule has 4 N–H and O–H groups in total. The Balaban J connectivity index is 2.15. The van der Waals surface area contributed by atoms with Gasteiger partial charge in [-0.15, -0.1) is 5.10 Å². The number of nitrogens with zero attached hydrogens (tertiary/aromatic N) is 5. The molecular formula is C17H11N7O2. The van der Waals surface area contributed by atoms with Gasteiger partial charge in [-0.2, -0.15) is 5.26 Å². The van der Waals surface area contributed by atoms with E-state index in [4.69, 9.17) is 11.5 Å². The maximum atomic E-state index is 13.0. The van der Waals surface area contributed by atoms with Crippen molar-refractivity contribution in [3.8, 4) is 17.5 Å². The summed E-state index contributed by atoms with van der Waals surface area (Å²) in [7, 11) is 1.56. The topological polar surface area (TPSA) is 154 Å². The second kappa shape index (κ2) is 5.22. The molecule has 0 saturated carbocycles. The molecule has 0 spiro atoms. The van der Waals surface area contributed by atoms with Crippen LogP contribution in [0.2, 0.25) is 0 Å². The van der Waals surface area contributed by atoms with Crippen molar-refractivity contribution in [1.29, 1.82) is 5.26 Å². The zero-order valence-electron chi connectivity index (χ0n) is 13.5. The number of hydrogen-bond acceptors (Lipinski definition) is 8. The number of benzene rings is 2. The Kier molecular flexibility index (Phi) is 3.10. The number of carbonyl (C=O) groups is 2. The van der Waals surface area contributed by atoms with Gasteiger partial charge in [0.05, 0.1) is 33.6 Å². The fraction of sp³-hybridized carbons (Fsp3) is 0.0588. The van der Waals surface area contributed by atoms with E-state index < -0.39 is 11.6 Å². The molecule has 0 amide bonds. The van der Waals surface area contributed by atoms with E-state index in [1.807, 2.05) is 6.07 Å². The molecule has 1 aliphatic carbocycles. The van der Waals surface area contributed by atoms with Crippen LogP contribution in [0.4, 0.5) is 11.4 Å². The molecule has 0 bridgehead atoms. The van der Waals surface area contributed by atoms with Gasteiger partial charge in [0, 0.05) is 18.2 Å². The number of anilines is 2. The molecule has 3 aromatic rings. The van der Waals surface area contributed by atoms with Crippen LogP contribution in [0.1, 0.15) is 37.4 Å². The fourth-order valence-corrected chi connectivity index (χ4v) is 3.20. The molecule has 0 aliphatic heterocycles. The third-order valence-corrected chi connectivity index (χ3v) is 4.40. The summed E-state index contributed by atoms with van der Waals surface area (Å²) < 4.78 is 1.31. The summed E-state index contributed by atoms with van der Waals surface area (Å²) in [6, 6.07) is 8.36. The summed E-state index contributed by atoms with van der Waals surface area (Å²) in [5.74, 6) is -0.702. The summed E-state index contributed by atoms with van der Waals surface area (Å²) >= 11 is 0. The number of nitrogen functional groups attached to an aromatic ring is 2. The molecule has 1 heterocycles. The first-order valence-corrected chi connectivity index (χ1v) is 7.53. The van der Waals surface area contributed by atoms with Gasteiger partial charge in [0.1, 0.15) is 6.07 Å². The maximum Gasteiger partial charge on any atom is 0.196 e. The molecule has 0 radical (unpaired) electrons. The molecule has 1 aromatic heterocycles. The Bertz CT molecular complexity index is 1170. The molecule has 0 atom stereocenters. The van der Waals surface area contributed by atoms with Gasteiger partial charge < -0.3 is 11.5 Å². The number of nitriles is 1. The number of fused-ring (bicyclic) bond motifs is 2. The minimum atomic E-state index is -0.446. The molecule has 0 fully saturated rings. The van der Waals surface area contributed by atoms with Gasteiger partial charge in [0.15, 0.2) is 17.4 Å². The number of carbonyl (C=O) groups excluding carboxylic acids is 2. The van der Waals surface area contributed by atoms with E-state index in [9.17, 15) is 14.9 Å². The summed E-state index contributed by atoms with van der Waals surface area (Å²) in [6.45, 7) is 0. The van der Waals surface area contributed by atoms with Gasteiger partial charge >= 0.3 is 0 Å². The standard InChI is InChI=1S/C17H11N7O2/c1-24-17(21-22-23-24)10-9(6-18)13(19)11-12(14(10)20)16(26)8-5-3-2-4-7(8)15(11)25/h2-5H,19-20H2,1H3. The van der Waals surface area contributed by atoms with E-state index in [0.29, 0.717) is 0 Å². The first-order chi connectivity index (χ1) is 12.5. The van der Waals surface area contributed by atoms with Crippen molar-refractivity contribution < 1.29 is 9.59 Å². The Morgan fingerprint density at radius 3 is 2.08 bits per heavy atom. The molecule has 1 aliphatic rings. The number of rotatable bonds is 1. The molecule has 0 unspecified atom stereocenters. The van der Waals surface area contributed by atoms with E-state index in [-0.39, 0.29) is 50.6 Å². The van der Waals surface area contributed by atoms with E-state index >= 15 is 0 Å². The average molecular weight is 345 g/mol. The Morgan fingerprint density at radius 2 is 1.58 bits per heavy atom. The lowest BCUT2D eigenvalue weighted by Crippen LogP contribution is -2.25. The van der Waals surface area contributed by atoms with Crippen LogP contribution in [0.5, 0.6) is 0 Å². The van der Waals surface area contributed by atoms with Gasteiger partial charge in [-0.05, 0) is 10.4 Å². The quantitative estimate of drug-likeness (QED) is 0.478. The van der Waals surface area contributed by atoms with Crippen molar-refractivity contribution in [2.45, 2.75) is 0 Å². The smallest absolute Gasteiger partial charge is 0.196 e. The fourth-order valence-electron chi connectivity index (χ4n) is 3.20. The van der Waals surface area contributed by atoms with Crippen molar-refractivity contribution in [1.82, 2.24) is 20.2 Å². The highest BCUT2D eigenvalue weighted by molar-refractivity contribution is 6.32. The Morgan fingerprint density at radius 1 is 1.00 bits per heavy atom. The van der Waals surface area contributed by atoms with Crippen molar-refractivity contribution in [3.05, 3.63) is 52.1 Å². The average Bonchev–Trinajstić information content (AvgIpc) is 3.06. The zero-order chi connectivity index (χ0) is 18.6. The molecule has 9 heteroatoms. The SMILES string of the molecule is Cn1nnnc1-c1c(N)c2c(c(N)c1C#N)C(=O)c1ccccc1C2=O. The second-order valence-electron chi connectivity index (χ2n) is 5.77. The predicted octanol–water partition coefficient (Wildman–Crippen LogP) is 0.689. The molecule has 2 aromatic carbocycles. The number of aryl methyl sites for hydroxylation is 1. The van der Waals surface area contributed by atoms with E-state index in [1.165, 1.54) is 4.68 Å². The van der Waals surface area contributed by atoms with E-state index in [1.54, 1.807) is 31.3 Å². The van der Waals surface area contributed by atoms with Crippen molar-refractivity contribution >= 4 is 22.9 Å². The number of tetrazole rings is 1. The minimum Gasteiger partial charge on any atom is -0.397 e. The Labute approximate surface area is 146 Å². The molecule has 126 valence electrons. The first-order valence-electron chi connectivity index (χ1n) is 7.53. The lowest BCUT2D eigenvalue weighted by atomic mass is 9.79. The number of hydrogen-bond donors (Lipinski definition) is 2. The van der Waals surface area contributed by atoms with Crippen LogP contribution in [0.25, 0.3) is 11.4 Å². The zero-order valence-corrected chi connectivity index (χ0v) is 13.5. The highest BCUT2D eigenvalue weighted by Crippen LogP contribution is 2.42. The lowest BCUT2D eigenvalue weighted by molar-refractivity contribution is 0.0980. The van der Waals surface area contributed by atoms with Gasteiger partial charge in [0.2, 0.25) is 0 Å². The third-order valence-electron chi connectivity index (χ3n) is 4.40. The minimum absolute atomic E-state index is 0.0248. The van der Waals surface area contributed by atoms with Crippen LogP contribution in [0, 0.1) is 11.3 Å². The molecule has 9 nitrogen and oxygen atoms in total. The molecule has 0 saturated heterocycles. The monoisotopic (exact) mass is 345 g/mol. The summed E-state index contributed by atoms with van der Waals surface area (Å²) in [5, 5.41) is 20.7. The van der Waals surface area contributed by atoms with Gasteiger partial charge in [-0.1, -0.05) is 24.3 Å². The van der Waals surface area contributed by atoms with Gasteiger partial charge in [-0.3, -0.25) is 9.59 Å². The highest BCUT2D eigenvalue weighted by Gasteiger charge is 2.37. The van der Waals surface area contributed by atoms with Gasteiger partial charge in [-0.25, -0.2) is 4.68 Å². The van der Waals surface area contributed by atoms with Crippen LogP contribution in [-0.2, 0) is 7.05 Å². The van der Waals surface area contributed by atoms with Crippen LogP contribution < -0.4 is 11.5 Å². The van der Waals surface area contributed by atoms with Crippen LogP contribution in [0.3, 0.4) is 0 Å². The summed E-state index contributed by atoms with van der Waals surface area (Å²) in [6.07, 6.45) is 0. The van der Waals surface area contributed by atoms with Gasteiger partial charge in [0.25, 0.3) is 0 Å². The van der Waals surface area contributed by atoms with Crippen LogP contribution in [-0.4, -0.2) is 31.8 Å². The second-order valence-corrected chi connectivity index (χ2v) is 5.77. The number of ketones is 2. The first kappa shape index (κ1) is 15.5. The third kappa shape index (κ3) is 1.81. The molecule has 4 rings (SSSR count). The van der Waals surface area contributed by atoms with Crippen molar-refractivity contribution in [2.75, 3.05) is 11.5 Å². The van der Waals surface area contributed by atoms with Crippen LogP contribution in [0.15, 0.2) is 24.3 Å². The summed E-state index contributed by atoms with van der Waals surface area (Å²) in [4.78, 5) is 25.9. The van der Waals surface area contributed by atoms with Crippen molar-refractivity contribution in [2.24, 2.45) is 7.05 Å². The Hall–Kier alpha value is -4.06. The van der Waals surface area contributed by atoms with Crippen molar-refractivity contribution in [3.63, 3.8) is 0 Å². The highest BCUT2D eigenvalue weighted by atomic mass is 16.1. The number of aromatic nitrogens is 4. The lowest BCUT2D eigenvalue weighted by Gasteiger charge is -2.23. The summed E-state index contributed by atoms with van der Waals surface area (Å²) in [5.41, 5.74) is 12.7. The molecule has 26 heavy (non-hydrogen) atoms. The normalized spacial score (nSPS) is 12.5. The number of nitrogens with two attached hydrogens (primary N) is 2. The van der Waals surface area contributed by atoms with Crippen LogP contribution >= 0.6 is 0 Å². The molecular weight excluding hydrogens is 334 g/mol. The van der Waals surface area contributed by atoms with E-state index in [0.717, 1.165) is 0 Å². The van der Waals surface area contributed by atoms with E-state index in [2.05, 4.69) is 15.5 Å².